The minimum atomic E-state index is -0.736. The van der Waals surface area contributed by atoms with Gasteiger partial charge in [-0.15, -0.1) is 0 Å². The molecule has 1 fully saturated rings. The molecule has 7 heteroatoms. The molecule has 4 rings (SSSR count). The molecule has 36 heavy (non-hydrogen) atoms. The van der Waals surface area contributed by atoms with E-state index in [1.54, 1.807) is 41.1 Å². The van der Waals surface area contributed by atoms with E-state index in [0.717, 1.165) is 29.7 Å². The molecule has 0 bridgehead atoms. The second kappa shape index (κ2) is 11.9. The molecule has 6 nitrogen and oxygen atoms in total. The van der Waals surface area contributed by atoms with Crippen molar-refractivity contribution >= 4 is 40.7 Å². The van der Waals surface area contributed by atoms with Gasteiger partial charge in [-0.1, -0.05) is 54.1 Å². The lowest BCUT2D eigenvalue weighted by atomic mass is 10.0. The number of benzene rings is 3. The summed E-state index contributed by atoms with van der Waals surface area (Å²) in [6, 6.07) is 23.4. The summed E-state index contributed by atoms with van der Waals surface area (Å²) in [7, 11) is 1.70. The topological polar surface area (TPSA) is 69.7 Å². The molecular formula is C29H30ClN3O3. The van der Waals surface area contributed by atoms with Gasteiger partial charge in [-0.3, -0.25) is 14.4 Å². The molecule has 3 amide bonds. The van der Waals surface area contributed by atoms with Crippen molar-refractivity contribution in [3.63, 3.8) is 0 Å². The number of carbonyl (C=O) groups excluding carboxylic acids is 3. The molecule has 0 aliphatic carbocycles. The van der Waals surface area contributed by atoms with E-state index in [4.69, 9.17) is 11.6 Å². The molecule has 1 N–H and O–H groups in total. The predicted octanol–water partition coefficient (Wildman–Crippen LogP) is 4.79. The van der Waals surface area contributed by atoms with Crippen molar-refractivity contribution in [2.24, 2.45) is 0 Å². The van der Waals surface area contributed by atoms with Crippen LogP contribution in [0.25, 0.3) is 0 Å². The average molecular weight is 504 g/mol. The minimum Gasteiger partial charge on any atom is -0.344 e. The Morgan fingerprint density at radius 2 is 1.64 bits per heavy atom. The van der Waals surface area contributed by atoms with E-state index in [9.17, 15) is 14.4 Å². The van der Waals surface area contributed by atoms with Crippen molar-refractivity contribution in [3.8, 4) is 0 Å². The SMILES string of the molecule is CN(C(=O)[C@H](Cc1ccccc1)NC(=O)Cc1ccc(Cl)cc1)c1ccc(N2CCCCC2=O)cc1. The van der Waals surface area contributed by atoms with Gasteiger partial charge in [0.15, 0.2) is 0 Å². The number of rotatable bonds is 8. The molecule has 3 aromatic carbocycles. The number of hydrogen-bond donors (Lipinski definition) is 1. The Kier molecular flexibility index (Phi) is 8.39. The Bertz CT molecular complexity index is 1200. The van der Waals surface area contributed by atoms with Gasteiger partial charge in [0, 0.05) is 42.8 Å². The first-order valence-corrected chi connectivity index (χ1v) is 12.5. The van der Waals surface area contributed by atoms with Crippen LogP contribution in [-0.4, -0.2) is 37.4 Å². The van der Waals surface area contributed by atoms with Crippen molar-refractivity contribution in [2.45, 2.75) is 38.1 Å². The van der Waals surface area contributed by atoms with Gasteiger partial charge in [0.2, 0.25) is 17.7 Å². The van der Waals surface area contributed by atoms with Gasteiger partial charge < -0.3 is 15.1 Å². The molecular weight excluding hydrogens is 474 g/mol. The van der Waals surface area contributed by atoms with Gasteiger partial charge in [0.25, 0.3) is 0 Å². The zero-order valence-electron chi connectivity index (χ0n) is 20.3. The Hall–Kier alpha value is -3.64. The number of hydrogen-bond acceptors (Lipinski definition) is 3. The van der Waals surface area contributed by atoms with Crippen molar-refractivity contribution < 1.29 is 14.4 Å². The molecule has 1 aliphatic heterocycles. The van der Waals surface area contributed by atoms with E-state index in [-0.39, 0.29) is 24.1 Å². The largest absolute Gasteiger partial charge is 0.344 e. The Morgan fingerprint density at radius 1 is 0.944 bits per heavy atom. The van der Waals surface area contributed by atoms with Gasteiger partial charge >= 0.3 is 0 Å². The lowest BCUT2D eigenvalue weighted by Crippen LogP contribution is -2.49. The van der Waals surface area contributed by atoms with Crippen LogP contribution in [0.3, 0.4) is 0 Å². The number of anilines is 2. The van der Waals surface area contributed by atoms with Crippen molar-refractivity contribution in [1.82, 2.24) is 5.32 Å². The van der Waals surface area contributed by atoms with E-state index >= 15 is 0 Å². The van der Waals surface area contributed by atoms with E-state index in [1.807, 2.05) is 54.6 Å². The van der Waals surface area contributed by atoms with E-state index < -0.39 is 6.04 Å². The number of nitrogens with one attached hydrogen (secondary N) is 1. The van der Waals surface area contributed by atoms with Crippen LogP contribution in [0.2, 0.25) is 5.02 Å². The Morgan fingerprint density at radius 3 is 2.31 bits per heavy atom. The number of likely N-dealkylation sites (N-methyl/N-ethyl adjacent to an activating group) is 1. The third-order valence-corrected chi connectivity index (χ3v) is 6.65. The highest BCUT2D eigenvalue weighted by molar-refractivity contribution is 6.30. The van der Waals surface area contributed by atoms with Gasteiger partial charge in [-0.25, -0.2) is 0 Å². The zero-order valence-corrected chi connectivity index (χ0v) is 21.1. The maximum Gasteiger partial charge on any atom is 0.249 e. The summed E-state index contributed by atoms with van der Waals surface area (Å²) in [5.74, 6) is -0.325. The highest BCUT2D eigenvalue weighted by atomic mass is 35.5. The molecule has 0 spiro atoms. The van der Waals surface area contributed by atoms with Gasteiger partial charge in [-0.05, 0) is 60.4 Å². The number of amides is 3. The third kappa shape index (κ3) is 6.52. The number of halogens is 1. The zero-order chi connectivity index (χ0) is 25.5. The summed E-state index contributed by atoms with van der Waals surface area (Å²) in [5, 5.41) is 3.54. The average Bonchev–Trinajstić information content (AvgIpc) is 2.90. The summed E-state index contributed by atoms with van der Waals surface area (Å²) in [6.45, 7) is 0.714. The number of carbonyl (C=O) groups is 3. The summed E-state index contributed by atoms with van der Waals surface area (Å²) < 4.78 is 0. The molecule has 0 radical (unpaired) electrons. The van der Waals surface area contributed by atoms with E-state index in [1.165, 1.54) is 0 Å². The van der Waals surface area contributed by atoms with Crippen LogP contribution in [0.1, 0.15) is 30.4 Å². The first-order chi connectivity index (χ1) is 17.4. The van der Waals surface area contributed by atoms with E-state index in [2.05, 4.69) is 5.32 Å². The van der Waals surface area contributed by atoms with E-state index in [0.29, 0.717) is 30.1 Å². The number of piperidine rings is 1. The lowest BCUT2D eigenvalue weighted by Gasteiger charge is -2.28. The summed E-state index contributed by atoms with van der Waals surface area (Å²) >= 11 is 5.95. The maximum atomic E-state index is 13.5. The van der Waals surface area contributed by atoms with Gasteiger partial charge in [0.1, 0.15) is 6.04 Å². The van der Waals surface area contributed by atoms with Crippen molar-refractivity contribution in [1.29, 1.82) is 0 Å². The Labute approximate surface area is 216 Å². The van der Waals surface area contributed by atoms with Crippen LogP contribution in [0.4, 0.5) is 11.4 Å². The third-order valence-electron chi connectivity index (χ3n) is 6.40. The normalized spacial score (nSPS) is 14.3. The van der Waals surface area contributed by atoms with Crippen molar-refractivity contribution in [3.05, 3.63) is 95.0 Å². The highest BCUT2D eigenvalue weighted by Crippen LogP contribution is 2.24. The second-order valence-electron chi connectivity index (χ2n) is 9.03. The summed E-state index contributed by atoms with van der Waals surface area (Å²) in [5.41, 5.74) is 3.30. The van der Waals surface area contributed by atoms with Gasteiger partial charge in [0.05, 0.1) is 6.42 Å². The fraction of sp³-hybridized carbons (Fsp3) is 0.276. The fourth-order valence-corrected chi connectivity index (χ4v) is 4.50. The number of nitrogens with zero attached hydrogens (tertiary/aromatic N) is 2. The van der Waals surface area contributed by atoms with Crippen LogP contribution in [-0.2, 0) is 27.2 Å². The minimum absolute atomic E-state index is 0.129. The van der Waals surface area contributed by atoms with Crippen molar-refractivity contribution in [2.75, 3.05) is 23.4 Å². The molecule has 1 heterocycles. The fourth-order valence-electron chi connectivity index (χ4n) is 4.38. The quantitative estimate of drug-likeness (QED) is 0.480. The molecule has 1 saturated heterocycles. The second-order valence-corrected chi connectivity index (χ2v) is 9.47. The molecule has 1 aliphatic rings. The first kappa shape index (κ1) is 25.5. The monoisotopic (exact) mass is 503 g/mol. The highest BCUT2D eigenvalue weighted by Gasteiger charge is 2.26. The van der Waals surface area contributed by atoms with Crippen LogP contribution in [0, 0.1) is 0 Å². The maximum absolute atomic E-state index is 13.5. The molecule has 0 saturated carbocycles. The smallest absolute Gasteiger partial charge is 0.249 e. The molecule has 1 atom stereocenters. The van der Waals surface area contributed by atoms with Crippen LogP contribution in [0.15, 0.2) is 78.9 Å². The predicted molar refractivity (Wildman–Crippen MR) is 143 cm³/mol. The Balaban J connectivity index is 1.48. The molecule has 0 unspecified atom stereocenters. The van der Waals surface area contributed by atoms with Crippen LogP contribution < -0.4 is 15.1 Å². The lowest BCUT2D eigenvalue weighted by molar-refractivity contribution is -0.127. The molecule has 186 valence electrons. The van der Waals surface area contributed by atoms with Gasteiger partial charge in [-0.2, -0.15) is 0 Å². The standard InChI is InChI=1S/C29H30ClN3O3/c1-32(24-14-16-25(17-15-24)33-18-6-5-9-28(33)35)29(36)26(19-21-7-3-2-4-8-21)31-27(34)20-22-10-12-23(30)13-11-22/h2-4,7-8,10-17,26H,5-6,9,18-20H2,1H3,(H,31,34)/t26-/m0/s1. The summed E-state index contributed by atoms with van der Waals surface area (Å²) in [6.07, 6.45) is 3.01. The molecule has 3 aromatic rings. The van der Waals surface area contributed by atoms with Crippen LogP contribution >= 0.6 is 11.6 Å². The summed E-state index contributed by atoms with van der Waals surface area (Å²) in [4.78, 5) is 42.0. The van der Waals surface area contributed by atoms with Crippen LogP contribution in [0.5, 0.6) is 0 Å². The molecule has 0 aromatic heterocycles. The first-order valence-electron chi connectivity index (χ1n) is 12.2.